The molecule has 0 saturated heterocycles. The average Bonchev–Trinajstić information content (AvgIpc) is 2.29. The molecule has 0 amide bonds. The second-order valence-electron chi connectivity index (χ2n) is 3.24. The summed E-state index contributed by atoms with van der Waals surface area (Å²) >= 11 is 0. The molecule has 0 fully saturated rings. The maximum absolute atomic E-state index is 12.9. The molecule has 0 saturated carbocycles. The van der Waals surface area contributed by atoms with Gasteiger partial charge in [-0.05, 0) is 35.4 Å². The maximum Gasteiger partial charge on any atom is 0.123 e. The standard InChI is InChI=1S/C12H10FNO/c13-11-3-1-2-10(8-11)12(15)9-4-6-14-7-5-9/h1-8,12,15H/t12-/m0/s1. The number of aliphatic hydroxyl groups excluding tert-OH is 1. The molecule has 1 aromatic heterocycles. The predicted molar refractivity (Wildman–Crippen MR) is 54.7 cm³/mol. The zero-order valence-electron chi connectivity index (χ0n) is 7.97. The smallest absolute Gasteiger partial charge is 0.123 e. The second-order valence-corrected chi connectivity index (χ2v) is 3.24. The van der Waals surface area contributed by atoms with Gasteiger partial charge in [0.05, 0.1) is 0 Å². The Hall–Kier alpha value is -1.74. The van der Waals surface area contributed by atoms with Crippen LogP contribution in [0, 0.1) is 5.82 Å². The minimum atomic E-state index is -0.802. The molecule has 1 N–H and O–H groups in total. The van der Waals surface area contributed by atoms with Crippen LogP contribution in [0.5, 0.6) is 0 Å². The van der Waals surface area contributed by atoms with E-state index in [1.54, 1.807) is 36.7 Å². The van der Waals surface area contributed by atoms with E-state index in [4.69, 9.17) is 0 Å². The molecule has 0 aliphatic rings. The third-order valence-corrected chi connectivity index (χ3v) is 2.19. The fourth-order valence-electron chi connectivity index (χ4n) is 1.41. The molecule has 1 aromatic carbocycles. The Morgan fingerprint density at radius 2 is 1.80 bits per heavy atom. The van der Waals surface area contributed by atoms with Crippen LogP contribution in [-0.4, -0.2) is 10.1 Å². The second kappa shape index (κ2) is 4.19. The Morgan fingerprint density at radius 1 is 1.07 bits per heavy atom. The summed E-state index contributed by atoms with van der Waals surface area (Å²) in [6, 6.07) is 9.35. The molecule has 2 nitrogen and oxygen atoms in total. The molecule has 2 aromatic rings. The van der Waals surface area contributed by atoms with E-state index in [9.17, 15) is 9.50 Å². The Labute approximate surface area is 87.0 Å². The highest BCUT2D eigenvalue weighted by molar-refractivity contribution is 5.28. The summed E-state index contributed by atoms with van der Waals surface area (Å²) in [5, 5.41) is 9.92. The highest BCUT2D eigenvalue weighted by Crippen LogP contribution is 2.21. The Kier molecular flexibility index (Phi) is 2.74. The van der Waals surface area contributed by atoms with Gasteiger partial charge in [-0.2, -0.15) is 0 Å². The average molecular weight is 203 g/mol. The van der Waals surface area contributed by atoms with Crippen molar-refractivity contribution >= 4 is 0 Å². The van der Waals surface area contributed by atoms with Crippen LogP contribution in [0.25, 0.3) is 0 Å². The molecule has 2 rings (SSSR count). The summed E-state index contributed by atoms with van der Waals surface area (Å²) < 4.78 is 12.9. The largest absolute Gasteiger partial charge is 0.384 e. The predicted octanol–water partition coefficient (Wildman–Crippen LogP) is 2.30. The van der Waals surface area contributed by atoms with Gasteiger partial charge in [0, 0.05) is 12.4 Å². The molecule has 1 atom stereocenters. The molecule has 0 aliphatic carbocycles. The van der Waals surface area contributed by atoms with Crippen molar-refractivity contribution in [3.63, 3.8) is 0 Å². The minimum Gasteiger partial charge on any atom is -0.384 e. The zero-order chi connectivity index (χ0) is 10.7. The fourth-order valence-corrected chi connectivity index (χ4v) is 1.41. The lowest BCUT2D eigenvalue weighted by molar-refractivity contribution is 0.219. The monoisotopic (exact) mass is 203 g/mol. The number of halogens is 1. The van der Waals surface area contributed by atoms with Crippen LogP contribution in [-0.2, 0) is 0 Å². The van der Waals surface area contributed by atoms with Crippen LogP contribution in [0.2, 0.25) is 0 Å². The van der Waals surface area contributed by atoms with Crippen molar-refractivity contribution < 1.29 is 9.50 Å². The van der Waals surface area contributed by atoms with Crippen molar-refractivity contribution in [2.75, 3.05) is 0 Å². The van der Waals surface area contributed by atoms with E-state index in [0.29, 0.717) is 11.1 Å². The first-order chi connectivity index (χ1) is 7.27. The van der Waals surface area contributed by atoms with Crippen molar-refractivity contribution in [1.82, 2.24) is 4.98 Å². The van der Waals surface area contributed by atoms with Gasteiger partial charge in [-0.15, -0.1) is 0 Å². The Morgan fingerprint density at radius 3 is 2.47 bits per heavy atom. The summed E-state index contributed by atoms with van der Waals surface area (Å²) in [5.41, 5.74) is 1.25. The van der Waals surface area contributed by atoms with Crippen LogP contribution in [0.3, 0.4) is 0 Å². The van der Waals surface area contributed by atoms with Gasteiger partial charge in [-0.25, -0.2) is 4.39 Å². The third kappa shape index (κ3) is 2.19. The molecule has 0 radical (unpaired) electrons. The normalized spacial score (nSPS) is 12.4. The van der Waals surface area contributed by atoms with E-state index >= 15 is 0 Å². The molecule has 15 heavy (non-hydrogen) atoms. The van der Waals surface area contributed by atoms with Gasteiger partial charge in [0.1, 0.15) is 11.9 Å². The van der Waals surface area contributed by atoms with E-state index in [-0.39, 0.29) is 5.82 Å². The van der Waals surface area contributed by atoms with E-state index in [1.165, 1.54) is 12.1 Å². The van der Waals surface area contributed by atoms with Gasteiger partial charge in [0.15, 0.2) is 0 Å². The van der Waals surface area contributed by atoms with Gasteiger partial charge in [0.25, 0.3) is 0 Å². The number of rotatable bonds is 2. The van der Waals surface area contributed by atoms with Crippen molar-refractivity contribution in [2.24, 2.45) is 0 Å². The first-order valence-corrected chi connectivity index (χ1v) is 4.61. The minimum absolute atomic E-state index is 0.347. The summed E-state index contributed by atoms with van der Waals surface area (Å²) in [6.45, 7) is 0. The van der Waals surface area contributed by atoms with Gasteiger partial charge >= 0.3 is 0 Å². The number of hydrogen-bond donors (Lipinski definition) is 1. The van der Waals surface area contributed by atoms with Crippen molar-refractivity contribution in [3.05, 3.63) is 65.7 Å². The van der Waals surface area contributed by atoms with Gasteiger partial charge in [-0.3, -0.25) is 4.98 Å². The van der Waals surface area contributed by atoms with Gasteiger partial charge in [-0.1, -0.05) is 12.1 Å². The Balaban J connectivity index is 2.32. The number of pyridine rings is 1. The molecular formula is C12H10FNO. The highest BCUT2D eigenvalue weighted by Gasteiger charge is 2.09. The topological polar surface area (TPSA) is 33.1 Å². The maximum atomic E-state index is 12.9. The molecular weight excluding hydrogens is 193 g/mol. The molecule has 0 bridgehead atoms. The van der Waals surface area contributed by atoms with Crippen LogP contribution < -0.4 is 0 Å². The fraction of sp³-hybridized carbons (Fsp3) is 0.0833. The molecule has 1 heterocycles. The molecule has 0 aliphatic heterocycles. The molecule has 76 valence electrons. The van der Waals surface area contributed by atoms with Crippen LogP contribution in [0.4, 0.5) is 4.39 Å². The third-order valence-electron chi connectivity index (χ3n) is 2.19. The number of hydrogen-bond acceptors (Lipinski definition) is 2. The number of benzene rings is 1. The lowest BCUT2D eigenvalue weighted by Crippen LogP contribution is -1.99. The number of aliphatic hydroxyl groups is 1. The van der Waals surface area contributed by atoms with Crippen molar-refractivity contribution in [3.8, 4) is 0 Å². The summed E-state index contributed by atoms with van der Waals surface area (Å²) in [4.78, 5) is 3.85. The van der Waals surface area contributed by atoms with Crippen molar-refractivity contribution in [2.45, 2.75) is 6.10 Å². The van der Waals surface area contributed by atoms with E-state index < -0.39 is 6.10 Å². The van der Waals surface area contributed by atoms with E-state index in [0.717, 1.165) is 0 Å². The molecule has 0 spiro atoms. The van der Waals surface area contributed by atoms with E-state index in [2.05, 4.69) is 4.98 Å². The molecule has 3 heteroatoms. The zero-order valence-corrected chi connectivity index (χ0v) is 7.97. The summed E-state index contributed by atoms with van der Waals surface area (Å²) in [7, 11) is 0. The highest BCUT2D eigenvalue weighted by atomic mass is 19.1. The number of nitrogens with zero attached hydrogens (tertiary/aromatic N) is 1. The van der Waals surface area contributed by atoms with Crippen molar-refractivity contribution in [1.29, 1.82) is 0 Å². The SMILES string of the molecule is O[C@@H](c1ccncc1)c1cccc(F)c1. The number of aromatic nitrogens is 1. The summed E-state index contributed by atoms with van der Waals surface area (Å²) in [5.74, 6) is -0.347. The first kappa shape index (κ1) is 9.80. The van der Waals surface area contributed by atoms with Crippen LogP contribution >= 0.6 is 0 Å². The Bertz CT molecular complexity index is 444. The first-order valence-electron chi connectivity index (χ1n) is 4.61. The summed E-state index contributed by atoms with van der Waals surface area (Å²) in [6.07, 6.45) is 2.39. The lowest BCUT2D eigenvalue weighted by Gasteiger charge is -2.10. The quantitative estimate of drug-likeness (QED) is 0.812. The van der Waals surface area contributed by atoms with Gasteiger partial charge in [0.2, 0.25) is 0 Å². The van der Waals surface area contributed by atoms with E-state index in [1.807, 2.05) is 0 Å². The van der Waals surface area contributed by atoms with Crippen LogP contribution in [0.1, 0.15) is 17.2 Å². The lowest BCUT2D eigenvalue weighted by atomic mass is 10.0. The molecule has 0 unspecified atom stereocenters. The van der Waals surface area contributed by atoms with Crippen LogP contribution in [0.15, 0.2) is 48.8 Å². The van der Waals surface area contributed by atoms with Gasteiger partial charge < -0.3 is 5.11 Å².